The molecule has 3 aromatic heterocycles. The molecule has 0 amide bonds. The lowest BCUT2D eigenvalue weighted by Crippen LogP contribution is -2.33. The first-order chi connectivity index (χ1) is 11.7. The molecule has 126 valence electrons. The zero-order chi connectivity index (χ0) is 16.5. The Labute approximate surface area is 150 Å². The molecule has 6 heteroatoms. The average Bonchev–Trinajstić information content (AvgIpc) is 3.30. The molecule has 0 N–H and O–H groups in total. The summed E-state index contributed by atoms with van der Waals surface area (Å²) in [5.74, 6) is 1.68. The van der Waals surface area contributed by atoms with Crippen LogP contribution in [-0.4, -0.2) is 21.4 Å². The van der Waals surface area contributed by atoms with Gasteiger partial charge in [0.05, 0.1) is 16.6 Å². The van der Waals surface area contributed by atoms with Crippen LogP contribution in [0.25, 0.3) is 10.8 Å². The van der Waals surface area contributed by atoms with Crippen LogP contribution in [0.1, 0.15) is 46.6 Å². The highest BCUT2D eigenvalue weighted by Crippen LogP contribution is 2.34. The predicted molar refractivity (Wildman–Crippen MR) is 98.4 cm³/mol. The third kappa shape index (κ3) is 3.18. The van der Waals surface area contributed by atoms with Crippen molar-refractivity contribution in [2.75, 3.05) is 6.54 Å². The van der Waals surface area contributed by atoms with E-state index in [0.717, 1.165) is 35.3 Å². The fourth-order valence-electron chi connectivity index (χ4n) is 3.28. The van der Waals surface area contributed by atoms with Gasteiger partial charge in [0, 0.05) is 23.0 Å². The Kier molecular flexibility index (Phi) is 4.52. The fourth-order valence-corrected chi connectivity index (χ4v) is 4.88. The Morgan fingerprint density at radius 2 is 2.21 bits per heavy atom. The van der Waals surface area contributed by atoms with Crippen molar-refractivity contribution >= 4 is 22.7 Å². The molecule has 24 heavy (non-hydrogen) atoms. The molecule has 0 aromatic carbocycles. The minimum atomic E-state index is 0.419. The van der Waals surface area contributed by atoms with Crippen LogP contribution < -0.4 is 0 Å². The maximum absolute atomic E-state index is 5.94. The first-order valence-electron chi connectivity index (χ1n) is 8.37. The summed E-state index contributed by atoms with van der Waals surface area (Å²) in [7, 11) is 0. The van der Waals surface area contributed by atoms with Crippen LogP contribution >= 0.6 is 22.7 Å². The van der Waals surface area contributed by atoms with Crippen LogP contribution in [0, 0.1) is 13.8 Å². The number of aryl methyl sites for hydroxylation is 2. The maximum atomic E-state index is 5.94. The lowest BCUT2D eigenvalue weighted by Gasteiger charge is -2.33. The van der Waals surface area contributed by atoms with Gasteiger partial charge in [-0.3, -0.25) is 4.90 Å². The van der Waals surface area contributed by atoms with E-state index in [4.69, 9.17) is 9.40 Å². The van der Waals surface area contributed by atoms with E-state index in [1.807, 2.05) is 13.1 Å². The summed E-state index contributed by atoms with van der Waals surface area (Å²) < 4.78 is 5.94. The molecule has 0 bridgehead atoms. The van der Waals surface area contributed by atoms with Crippen molar-refractivity contribution in [1.29, 1.82) is 0 Å². The molecular formula is C18H21N3OS2. The van der Waals surface area contributed by atoms with E-state index in [9.17, 15) is 0 Å². The van der Waals surface area contributed by atoms with E-state index in [1.54, 1.807) is 22.7 Å². The molecule has 0 radical (unpaired) electrons. The van der Waals surface area contributed by atoms with Crippen molar-refractivity contribution in [3.63, 3.8) is 0 Å². The molecule has 0 aliphatic carbocycles. The van der Waals surface area contributed by atoms with E-state index >= 15 is 0 Å². The third-order valence-corrected chi connectivity index (χ3v) is 6.41. The molecule has 3 aromatic rings. The number of hydrogen-bond donors (Lipinski definition) is 0. The van der Waals surface area contributed by atoms with E-state index in [0.29, 0.717) is 6.04 Å². The van der Waals surface area contributed by atoms with Crippen LogP contribution in [0.3, 0.4) is 0 Å². The molecule has 1 atom stereocenters. The Hall–Kier alpha value is -1.50. The minimum Gasteiger partial charge on any atom is -0.440 e. The van der Waals surface area contributed by atoms with Crippen LogP contribution in [0.5, 0.6) is 0 Å². The number of nitrogens with zero attached hydrogens (tertiary/aromatic N) is 3. The third-order valence-electron chi connectivity index (χ3n) is 4.55. The van der Waals surface area contributed by atoms with Crippen molar-refractivity contribution in [2.24, 2.45) is 0 Å². The number of piperidine rings is 1. The van der Waals surface area contributed by atoms with E-state index in [-0.39, 0.29) is 0 Å². The summed E-state index contributed by atoms with van der Waals surface area (Å²) in [6.45, 7) is 6.07. The van der Waals surface area contributed by atoms with Gasteiger partial charge in [-0.05, 0) is 45.4 Å². The molecule has 4 heterocycles. The number of likely N-dealkylation sites (tertiary alicyclic amines) is 1. The minimum absolute atomic E-state index is 0.419. The normalized spacial score (nSPS) is 19.0. The van der Waals surface area contributed by atoms with E-state index in [2.05, 4.69) is 34.3 Å². The molecule has 4 nitrogen and oxygen atoms in total. The summed E-state index contributed by atoms with van der Waals surface area (Å²) in [6, 6.07) is 4.62. The Morgan fingerprint density at radius 3 is 2.96 bits per heavy atom. The van der Waals surface area contributed by atoms with Crippen LogP contribution in [0.15, 0.2) is 28.1 Å². The van der Waals surface area contributed by atoms with E-state index < -0.39 is 0 Å². The number of oxazole rings is 1. The SMILES string of the molecule is Cc1ccc(-c2nc(CN3CCCC[C@H]3c3nccs3)c(C)o2)s1. The van der Waals surface area contributed by atoms with Gasteiger partial charge in [0.1, 0.15) is 10.8 Å². The van der Waals surface area contributed by atoms with Crippen LogP contribution in [0.4, 0.5) is 0 Å². The zero-order valence-corrected chi connectivity index (χ0v) is 15.6. The Balaban J connectivity index is 1.56. The lowest BCUT2D eigenvalue weighted by molar-refractivity contribution is 0.138. The molecule has 1 fully saturated rings. The molecule has 0 spiro atoms. The van der Waals surface area contributed by atoms with Gasteiger partial charge >= 0.3 is 0 Å². The van der Waals surface area contributed by atoms with Crippen molar-refractivity contribution < 1.29 is 4.42 Å². The average molecular weight is 360 g/mol. The Bertz CT molecular complexity index is 806. The van der Waals surface area contributed by atoms with Crippen molar-refractivity contribution in [3.8, 4) is 10.8 Å². The topological polar surface area (TPSA) is 42.2 Å². The van der Waals surface area contributed by atoms with Gasteiger partial charge in [-0.25, -0.2) is 9.97 Å². The van der Waals surface area contributed by atoms with Gasteiger partial charge in [-0.2, -0.15) is 0 Å². The summed E-state index contributed by atoms with van der Waals surface area (Å²) in [4.78, 5) is 14.2. The quantitative estimate of drug-likeness (QED) is 0.642. The Morgan fingerprint density at radius 1 is 1.29 bits per heavy atom. The first-order valence-corrected chi connectivity index (χ1v) is 10.1. The number of thiophene rings is 1. The highest BCUT2D eigenvalue weighted by molar-refractivity contribution is 7.15. The molecule has 0 saturated carbocycles. The van der Waals surface area contributed by atoms with Crippen molar-refractivity contribution in [1.82, 2.24) is 14.9 Å². The predicted octanol–water partition coefficient (Wildman–Crippen LogP) is 5.20. The summed E-state index contributed by atoms with van der Waals surface area (Å²) in [6.07, 6.45) is 5.61. The zero-order valence-electron chi connectivity index (χ0n) is 14.0. The maximum Gasteiger partial charge on any atom is 0.236 e. The van der Waals surface area contributed by atoms with Gasteiger partial charge < -0.3 is 4.42 Å². The smallest absolute Gasteiger partial charge is 0.236 e. The number of aromatic nitrogens is 2. The van der Waals surface area contributed by atoms with Crippen molar-refractivity contribution in [3.05, 3.63) is 45.0 Å². The summed E-state index contributed by atoms with van der Waals surface area (Å²) >= 11 is 3.49. The van der Waals surface area contributed by atoms with Crippen LogP contribution in [0.2, 0.25) is 0 Å². The van der Waals surface area contributed by atoms with Gasteiger partial charge in [0.25, 0.3) is 0 Å². The van der Waals surface area contributed by atoms with Gasteiger partial charge in [-0.15, -0.1) is 22.7 Å². The van der Waals surface area contributed by atoms with Gasteiger partial charge in [0.15, 0.2) is 0 Å². The summed E-state index contributed by atoms with van der Waals surface area (Å²) in [5, 5.41) is 3.30. The number of hydrogen-bond acceptors (Lipinski definition) is 6. The molecule has 4 rings (SSSR count). The molecule has 0 unspecified atom stereocenters. The standard InChI is InChI=1S/C18H21N3OS2/c1-12-6-7-16(24-12)17-20-14(13(2)22-17)11-21-9-4-3-5-15(21)18-19-8-10-23-18/h6-8,10,15H,3-5,9,11H2,1-2H3/t15-/m0/s1. The monoisotopic (exact) mass is 359 g/mol. The first kappa shape index (κ1) is 16.0. The second kappa shape index (κ2) is 6.78. The lowest BCUT2D eigenvalue weighted by atomic mass is 10.0. The van der Waals surface area contributed by atoms with Gasteiger partial charge in [0.2, 0.25) is 5.89 Å². The molecule has 1 aliphatic heterocycles. The van der Waals surface area contributed by atoms with E-state index in [1.165, 1.54) is 29.1 Å². The molecule has 1 aliphatic rings. The highest BCUT2D eigenvalue weighted by atomic mass is 32.1. The molecule has 1 saturated heterocycles. The van der Waals surface area contributed by atoms with Gasteiger partial charge in [-0.1, -0.05) is 6.42 Å². The number of rotatable bonds is 4. The summed E-state index contributed by atoms with van der Waals surface area (Å²) in [5.41, 5.74) is 1.06. The highest BCUT2D eigenvalue weighted by Gasteiger charge is 2.27. The molecular weight excluding hydrogens is 338 g/mol. The second-order valence-corrected chi connectivity index (χ2v) is 8.50. The second-order valence-electron chi connectivity index (χ2n) is 6.28. The number of thiazole rings is 1. The largest absolute Gasteiger partial charge is 0.440 e. The fraction of sp³-hybridized carbons (Fsp3) is 0.444. The van der Waals surface area contributed by atoms with Crippen LogP contribution in [-0.2, 0) is 6.54 Å². The van der Waals surface area contributed by atoms with Crippen molar-refractivity contribution in [2.45, 2.75) is 45.7 Å².